The van der Waals surface area contributed by atoms with Gasteiger partial charge in [-0.1, -0.05) is 41.5 Å². The summed E-state index contributed by atoms with van der Waals surface area (Å²) in [4.78, 5) is 10.9. The number of carbonyl (C=O) groups is 1. The van der Waals surface area contributed by atoms with E-state index < -0.39 is 5.97 Å². The van der Waals surface area contributed by atoms with Crippen molar-refractivity contribution >= 4 is 5.97 Å². The highest BCUT2D eigenvalue weighted by Gasteiger charge is 2.38. The van der Waals surface area contributed by atoms with Gasteiger partial charge < -0.3 is 10.4 Å². The molecule has 3 nitrogen and oxygen atoms in total. The number of carboxylic acid groups (broad SMARTS) is 1. The van der Waals surface area contributed by atoms with Crippen LogP contribution in [0, 0.1) is 16.7 Å². The highest BCUT2D eigenvalue weighted by Crippen LogP contribution is 2.43. The minimum atomic E-state index is -0.714. The molecule has 0 aliphatic carbocycles. The second-order valence-corrected chi connectivity index (χ2v) is 6.96. The Morgan fingerprint density at radius 2 is 1.76 bits per heavy atom. The predicted molar refractivity (Wildman–Crippen MR) is 69.7 cm³/mol. The van der Waals surface area contributed by atoms with Crippen LogP contribution in [0.1, 0.15) is 48.0 Å². The van der Waals surface area contributed by atoms with E-state index in [0.717, 1.165) is 6.54 Å². The average molecular weight is 239 g/mol. The first-order valence-electron chi connectivity index (χ1n) is 6.24. The van der Waals surface area contributed by atoms with Crippen molar-refractivity contribution in [2.45, 2.75) is 48.0 Å². The van der Waals surface area contributed by atoms with Gasteiger partial charge in [-0.3, -0.25) is 4.79 Å². The summed E-state index contributed by atoms with van der Waals surface area (Å²) >= 11 is 0. The molecule has 3 heteroatoms. The first kappa shape index (κ1) is 14.1. The van der Waals surface area contributed by atoms with Crippen LogP contribution in [0.15, 0.2) is 11.3 Å². The summed E-state index contributed by atoms with van der Waals surface area (Å²) in [6.07, 6.45) is 0.221. The van der Waals surface area contributed by atoms with Crippen molar-refractivity contribution in [3.05, 3.63) is 11.3 Å². The molecule has 0 fully saturated rings. The maximum Gasteiger partial charge on any atom is 0.304 e. The third-order valence-electron chi connectivity index (χ3n) is 3.18. The molecule has 1 aliphatic heterocycles. The lowest BCUT2D eigenvalue weighted by Crippen LogP contribution is -2.23. The SMILES string of the molecule is CC(C)(C)C1=C(C(C)(C)C)C(CC(=O)O)CN1. The molecular weight excluding hydrogens is 214 g/mol. The van der Waals surface area contributed by atoms with Crippen molar-refractivity contribution < 1.29 is 9.90 Å². The van der Waals surface area contributed by atoms with Gasteiger partial charge in [0.1, 0.15) is 0 Å². The summed E-state index contributed by atoms with van der Waals surface area (Å²) in [6.45, 7) is 13.8. The second-order valence-electron chi connectivity index (χ2n) is 6.96. The summed E-state index contributed by atoms with van der Waals surface area (Å²) in [7, 11) is 0. The number of nitrogens with one attached hydrogen (secondary N) is 1. The van der Waals surface area contributed by atoms with Crippen LogP contribution in [0.5, 0.6) is 0 Å². The molecule has 0 amide bonds. The van der Waals surface area contributed by atoms with Gasteiger partial charge in [0.2, 0.25) is 0 Å². The van der Waals surface area contributed by atoms with Crippen molar-refractivity contribution in [1.82, 2.24) is 5.32 Å². The van der Waals surface area contributed by atoms with Crippen molar-refractivity contribution in [2.24, 2.45) is 16.7 Å². The molecule has 0 radical (unpaired) electrons. The lowest BCUT2D eigenvalue weighted by atomic mass is 9.74. The molecule has 2 N–H and O–H groups in total. The zero-order chi connectivity index (χ0) is 13.4. The van der Waals surface area contributed by atoms with E-state index in [2.05, 4.69) is 46.9 Å². The topological polar surface area (TPSA) is 49.3 Å². The molecule has 0 bridgehead atoms. The number of hydrogen-bond acceptors (Lipinski definition) is 2. The third-order valence-corrected chi connectivity index (χ3v) is 3.18. The Kier molecular flexibility index (Phi) is 3.60. The number of carboxylic acids is 1. The van der Waals surface area contributed by atoms with Crippen LogP contribution in [0.3, 0.4) is 0 Å². The fourth-order valence-corrected chi connectivity index (χ4v) is 2.67. The summed E-state index contributed by atoms with van der Waals surface area (Å²) in [5.74, 6) is -0.588. The van der Waals surface area contributed by atoms with Gasteiger partial charge in [0, 0.05) is 23.6 Å². The molecule has 0 aromatic carbocycles. The van der Waals surface area contributed by atoms with Crippen molar-refractivity contribution in [3.63, 3.8) is 0 Å². The number of aliphatic carboxylic acids is 1. The van der Waals surface area contributed by atoms with Crippen LogP contribution in [-0.2, 0) is 4.79 Å². The van der Waals surface area contributed by atoms with Gasteiger partial charge >= 0.3 is 5.97 Å². The molecule has 17 heavy (non-hydrogen) atoms. The molecule has 1 rings (SSSR count). The van der Waals surface area contributed by atoms with Crippen LogP contribution < -0.4 is 5.32 Å². The van der Waals surface area contributed by atoms with E-state index in [1.807, 2.05) is 0 Å². The standard InChI is InChI=1S/C14H25NO2/c1-13(2,3)11-9(7-10(16)17)8-15-12(11)14(4,5)6/h9,15H,7-8H2,1-6H3,(H,16,17). The van der Waals surface area contributed by atoms with Crippen molar-refractivity contribution in [2.75, 3.05) is 6.54 Å². The van der Waals surface area contributed by atoms with Crippen LogP contribution in [0.4, 0.5) is 0 Å². The Labute approximate surface area is 104 Å². The summed E-state index contributed by atoms with van der Waals surface area (Å²) in [5, 5.41) is 12.4. The largest absolute Gasteiger partial charge is 0.481 e. The zero-order valence-corrected chi connectivity index (χ0v) is 11.8. The van der Waals surface area contributed by atoms with Gasteiger partial charge in [0.15, 0.2) is 0 Å². The zero-order valence-electron chi connectivity index (χ0n) is 11.8. The molecule has 0 aromatic rings. The van der Waals surface area contributed by atoms with E-state index in [1.54, 1.807) is 0 Å². The molecule has 1 heterocycles. The summed E-state index contributed by atoms with van der Waals surface area (Å²) in [5.41, 5.74) is 2.59. The van der Waals surface area contributed by atoms with E-state index in [-0.39, 0.29) is 23.2 Å². The number of allylic oxidation sites excluding steroid dienone is 1. The normalized spacial score (nSPS) is 21.6. The molecule has 1 atom stereocenters. The van der Waals surface area contributed by atoms with E-state index >= 15 is 0 Å². The van der Waals surface area contributed by atoms with E-state index in [0.29, 0.717) is 0 Å². The lowest BCUT2D eigenvalue weighted by Gasteiger charge is -2.30. The highest BCUT2D eigenvalue weighted by atomic mass is 16.4. The maximum absolute atomic E-state index is 10.9. The van der Waals surface area contributed by atoms with Gasteiger partial charge in [-0.05, 0) is 11.0 Å². The molecular formula is C14H25NO2. The van der Waals surface area contributed by atoms with Gasteiger partial charge in [-0.15, -0.1) is 0 Å². The Hall–Kier alpha value is -0.990. The van der Waals surface area contributed by atoms with E-state index in [9.17, 15) is 4.79 Å². The van der Waals surface area contributed by atoms with Gasteiger partial charge in [0.05, 0.1) is 6.42 Å². The van der Waals surface area contributed by atoms with E-state index in [1.165, 1.54) is 11.3 Å². The Morgan fingerprint density at radius 1 is 1.24 bits per heavy atom. The molecule has 0 aromatic heterocycles. The molecule has 0 saturated carbocycles. The van der Waals surface area contributed by atoms with Crippen molar-refractivity contribution in [3.8, 4) is 0 Å². The molecule has 1 aliphatic rings. The first-order chi connectivity index (χ1) is 7.53. The van der Waals surface area contributed by atoms with Crippen LogP contribution in [-0.4, -0.2) is 17.6 Å². The second kappa shape index (κ2) is 4.35. The summed E-state index contributed by atoms with van der Waals surface area (Å²) in [6, 6.07) is 0. The monoisotopic (exact) mass is 239 g/mol. The van der Waals surface area contributed by atoms with Crippen molar-refractivity contribution in [1.29, 1.82) is 0 Å². The molecule has 1 unspecified atom stereocenters. The Morgan fingerprint density at radius 3 is 2.12 bits per heavy atom. The minimum Gasteiger partial charge on any atom is -0.481 e. The molecule has 0 saturated heterocycles. The number of hydrogen-bond donors (Lipinski definition) is 2. The minimum absolute atomic E-state index is 0.0201. The average Bonchev–Trinajstić information content (AvgIpc) is 2.44. The van der Waals surface area contributed by atoms with Gasteiger partial charge in [-0.25, -0.2) is 0 Å². The Bertz CT molecular complexity index is 342. The maximum atomic E-state index is 10.9. The third kappa shape index (κ3) is 3.24. The van der Waals surface area contributed by atoms with Gasteiger partial charge in [0.25, 0.3) is 0 Å². The van der Waals surface area contributed by atoms with Crippen LogP contribution in [0.25, 0.3) is 0 Å². The van der Waals surface area contributed by atoms with E-state index in [4.69, 9.17) is 5.11 Å². The number of rotatable bonds is 2. The molecule has 0 spiro atoms. The fourth-order valence-electron chi connectivity index (χ4n) is 2.67. The lowest BCUT2D eigenvalue weighted by molar-refractivity contribution is -0.137. The van der Waals surface area contributed by atoms with Crippen LogP contribution in [0.2, 0.25) is 0 Å². The molecule has 98 valence electrons. The predicted octanol–water partition coefficient (Wildman–Crippen LogP) is 3.03. The highest BCUT2D eigenvalue weighted by molar-refractivity contribution is 5.68. The smallest absolute Gasteiger partial charge is 0.304 e. The van der Waals surface area contributed by atoms with Crippen LogP contribution >= 0.6 is 0 Å². The first-order valence-corrected chi connectivity index (χ1v) is 6.24. The fraction of sp³-hybridized carbons (Fsp3) is 0.786. The van der Waals surface area contributed by atoms with Gasteiger partial charge in [-0.2, -0.15) is 0 Å². The summed E-state index contributed by atoms with van der Waals surface area (Å²) < 4.78 is 0. The quantitative estimate of drug-likeness (QED) is 0.778. The Balaban J connectivity index is 3.16.